The van der Waals surface area contributed by atoms with Gasteiger partial charge < -0.3 is 59.9 Å². The molecule has 656 valence electrons. The minimum atomic E-state index is -2.42. The largest absolute Gasteiger partial charge is 0.478 e. The van der Waals surface area contributed by atoms with E-state index < -0.39 is 99.4 Å². The molecule has 31 nitrogen and oxygen atoms in total. The van der Waals surface area contributed by atoms with Crippen LogP contribution in [0.15, 0.2) is 157 Å². The number of pyridine rings is 3. The number of aryl methyl sites for hydroxylation is 2. The number of carbonyl (C=O) groups excluding carboxylic acids is 11. The number of nitrogen functional groups attached to an aromatic ring is 1. The second-order valence-electron chi connectivity index (χ2n) is 29.9. The third kappa shape index (κ3) is 20.9. The Labute approximate surface area is 725 Å². The lowest BCUT2D eigenvalue weighted by Crippen LogP contribution is -2.56. The van der Waals surface area contributed by atoms with Gasteiger partial charge in [0.1, 0.15) is 16.6 Å². The van der Waals surface area contributed by atoms with Crippen LogP contribution < -0.4 is 15.8 Å². The molecule has 11 heterocycles. The Bertz CT molecular complexity index is 6050. The number of anilines is 2. The number of benzene rings is 4. The maximum Gasteiger partial charge on any atom is 0.346 e. The molecule has 38 heteroatoms. The summed E-state index contributed by atoms with van der Waals surface area (Å²) in [6.45, 7) is 23.5. The Morgan fingerprint density at radius 1 is 0.484 bits per heavy atom. The molecule has 4 aromatic carbocycles. The number of thiazole rings is 2. The fourth-order valence-electron chi connectivity index (χ4n) is 14.6. The highest BCUT2D eigenvalue weighted by Gasteiger charge is 2.40. The predicted octanol–water partition coefficient (Wildman–Crippen LogP) is 12.1. The number of piperazine rings is 3. The van der Waals surface area contributed by atoms with Crippen molar-refractivity contribution in [1.29, 1.82) is 0 Å². The number of carboxylic acid groups (broad SMARTS) is 1. The summed E-state index contributed by atoms with van der Waals surface area (Å²) >= 11 is 2.78. The normalized spacial score (nSPS) is 15.0. The summed E-state index contributed by atoms with van der Waals surface area (Å²) in [6.07, 6.45) is 7.55. The highest BCUT2D eigenvalue weighted by molar-refractivity contribution is 7.14. The van der Waals surface area contributed by atoms with Crippen LogP contribution in [0.3, 0.4) is 0 Å². The van der Waals surface area contributed by atoms with Gasteiger partial charge in [-0.3, -0.25) is 73.1 Å². The van der Waals surface area contributed by atoms with Gasteiger partial charge in [-0.05, 0) is 123 Å². The van der Waals surface area contributed by atoms with Crippen LogP contribution in [0.5, 0.6) is 5.75 Å². The number of hydrogen-bond acceptors (Lipinski definition) is 22. The molecule has 0 aliphatic carbocycles. The molecule has 12 aromatic rings. The third-order valence-electron chi connectivity index (χ3n) is 20.8. The van der Waals surface area contributed by atoms with E-state index in [2.05, 4.69) is 89.4 Å². The molecule has 3 aliphatic rings. The first kappa shape index (κ1) is 92.6. The molecule has 7 amide bonds. The average Bonchev–Trinajstić information content (AvgIpc) is 1.60. The van der Waals surface area contributed by atoms with E-state index in [-0.39, 0.29) is 118 Å². The number of halogens is 5. The summed E-state index contributed by atoms with van der Waals surface area (Å²) in [5.74, 6) is -21.8. The quantitative estimate of drug-likeness (QED) is 0.00938. The van der Waals surface area contributed by atoms with Crippen molar-refractivity contribution in [3.05, 3.63) is 248 Å². The number of ketones is 3. The number of H-pyrrole nitrogens is 3. The van der Waals surface area contributed by atoms with E-state index in [9.17, 15) is 84.6 Å². The van der Waals surface area contributed by atoms with Crippen LogP contribution in [0.2, 0.25) is 0 Å². The van der Waals surface area contributed by atoms with Crippen LogP contribution in [-0.2, 0) is 14.4 Å². The first-order valence-electron chi connectivity index (χ1n) is 39.7. The fourth-order valence-corrected chi connectivity index (χ4v) is 15.8. The van der Waals surface area contributed by atoms with Gasteiger partial charge in [0.25, 0.3) is 58.7 Å². The number of aromatic amines is 3. The number of hydrogen-bond donors (Lipinski definition) is 6. The monoisotopic (exact) mass is 1770 g/mol. The number of nitrogens with one attached hydrogen (secondary N) is 4. The number of Topliss-reactive ketones (excluding diaryl/α,β-unsaturated/α-hetero) is 3. The van der Waals surface area contributed by atoms with Gasteiger partial charge in [0.2, 0.25) is 34.8 Å². The number of nitrogens with two attached hydrogens (primary N) is 1. The molecule has 0 unspecified atom stereocenters. The number of amides is 7. The lowest BCUT2D eigenvalue weighted by molar-refractivity contribution is -0.130. The van der Waals surface area contributed by atoms with Crippen molar-refractivity contribution in [3.8, 4) is 5.75 Å². The van der Waals surface area contributed by atoms with Gasteiger partial charge in [0.15, 0.2) is 10.3 Å². The molecule has 3 aliphatic heterocycles. The van der Waals surface area contributed by atoms with Crippen molar-refractivity contribution in [2.45, 2.75) is 99.4 Å². The van der Waals surface area contributed by atoms with Crippen LogP contribution in [0.4, 0.5) is 32.2 Å². The van der Waals surface area contributed by atoms with Gasteiger partial charge in [-0.15, -0.1) is 22.7 Å². The van der Waals surface area contributed by atoms with Crippen LogP contribution in [-0.4, -0.2) is 246 Å². The van der Waals surface area contributed by atoms with E-state index in [0.717, 1.165) is 36.4 Å². The van der Waals surface area contributed by atoms with E-state index in [1.807, 2.05) is 43.7 Å². The lowest BCUT2D eigenvalue weighted by atomic mass is 10.1. The summed E-state index contributed by atoms with van der Waals surface area (Å²) in [5.41, 5.74) is 8.97. The van der Waals surface area contributed by atoms with Gasteiger partial charge in [-0.1, -0.05) is 61.5 Å². The maximum absolute atomic E-state index is 14.0. The zero-order chi connectivity index (χ0) is 91.2. The number of ether oxygens (including phenoxy) is 1. The molecule has 0 saturated carbocycles. The SMILES string of the molecule is CCN(C(C)C)C(C)C.C[C@@H]1CN(C(=O)c2ccccc2)CCN1C(=O)C(=O)c1c[nH]c2c(C(=O)O)ccnc12.C[C@@H]1CN(C(=O)c2ccccc2)CCN1C(=O)C(=O)c1c[nH]c2c(C(=O)Oc3c(F)c(F)c(F)c(F)c3F)ccnc12.Cc1csc(N)n1.Cc1csc(NC(=O)c2ccnc3c(C(=O)C(=O)N4CCN(C(=O)c5ccccc5)C[C@H]4C)c[nH]c23)n1. The van der Waals surface area contributed by atoms with Crippen molar-refractivity contribution in [2.75, 3.05) is 76.5 Å². The summed E-state index contributed by atoms with van der Waals surface area (Å²) in [4.78, 5) is 194. The molecule has 3 saturated heterocycles. The summed E-state index contributed by atoms with van der Waals surface area (Å²) in [7, 11) is 0. The summed E-state index contributed by atoms with van der Waals surface area (Å²) < 4.78 is 73.0. The highest BCUT2D eigenvalue weighted by atomic mass is 32.1. The summed E-state index contributed by atoms with van der Waals surface area (Å²) in [6, 6.07) is 30.5. The number of aromatic nitrogens is 8. The molecule has 15 rings (SSSR count). The number of esters is 1. The zero-order valence-electron chi connectivity index (χ0n) is 69.9. The smallest absolute Gasteiger partial charge is 0.346 e. The second kappa shape index (κ2) is 40.9. The van der Waals surface area contributed by atoms with Gasteiger partial charge in [0.05, 0.1) is 61.3 Å². The second-order valence-corrected chi connectivity index (χ2v) is 31.7. The van der Waals surface area contributed by atoms with Crippen LogP contribution in [0, 0.1) is 42.9 Å². The Hall–Kier alpha value is -14.1. The third-order valence-corrected chi connectivity index (χ3v) is 22.5. The minimum absolute atomic E-state index is 0.0260. The standard InChI is InChI=1S/C28H19F5N4O5.C26H24N6O4S.C22H20N4O5.C8H19N.C4H6N2S/c1-13-12-36(26(39)14-5-3-2-4-6-14)9-10-37(13)27(40)24(38)16-11-35-22-15(7-8-34-23(16)22)28(41)42-25-20(32)18(30)17(29)19(31)21(25)33;1-15-14-37-26(29-15)30-23(34)18-8-9-27-21-19(12-28-20(18)21)22(33)25(36)32-11-10-31(13-16(32)2)24(35)17-6-4-3-5-7-17;1-13-12-25(20(28)14-5-3-2-4-6-14)9-10-26(13)21(29)19(27)16-11-24-17-15(22(30)31)7-8-23-18(16)17;1-6-9(7(2)3)8(4)5;1-3-2-7-4(5)6-3/h2-8,11,13,35H,9-10,12H2,1H3;3-9,12,14,16,28H,10-11,13H2,1-2H3,(H,29,30,34);2-8,11,13,24H,9-10,12H2,1H3,(H,30,31);7-8H,6H2,1-5H3;2H,1H3,(H2,5,6)/t13-;16-;13-;;/m111../s1. The Morgan fingerprint density at radius 3 is 1.13 bits per heavy atom. The van der Waals surface area contributed by atoms with Crippen molar-refractivity contribution in [3.63, 3.8) is 0 Å². The van der Waals surface area contributed by atoms with Crippen molar-refractivity contribution in [1.82, 2.24) is 74.2 Å². The first-order chi connectivity index (χ1) is 60.1. The molecular formula is C88H88F5N17O14S2. The molecule has 0 spiro atoms. The Morgan fingerprint density at radius 2 is 0.825 bits per heavy atom. The molecule has 0 radical (unpaired) electrons. The Kier molecular flexibility index (Phi) is 30.1. The highest BCUT2D eigenvalue weighted by Crippen LogP contribution is 2.33. The molecule has 0 bridgehead atoms. The summed E-state index contributed by atoms with van der Waals surface area (Å²) in [5, 5.41) is 16.9. The molecular weight excluding hydrogens is 1680 g/mol. The van der Waals surface area contributed by atoms with Crippen molar-refractivity contribution >= 4 is 137 Å². The molecule has 126 heavy (non-hydrogen) atoms. The number of rotatable bonds is 17. The number of carboxylic acids is 1. The number of nitrogens with zero attached hydrogens (tertiary/aromatic N) is 12. The lowest BCUT2D eigenvalue weighted by Gasteiger charge is -2.39. The van der Waals surface area contributed by atoms with E-state index in [4.69, 9.17) is 5.73 Å². The van der Waals surface area contributed by atoms with Gasteiger partial charge >= 0.3 is 11.9 Å². The molecule has 7 N–H and O–H groups in total. The van der Waals surface area contributed by atoms with Gasteiger partial charge in [-0.25, -0.2) is 32.7 Å². The van der Waals surface area contributed by atoms with Gasteiger partial charge in [0, 0.05) is 154 Å². The van der Waals surface area contributed by atoms with Gasteiger partial charge in [-0.2, -0.15) is 8.78 Å². The predicted molar refractivity (Wildman–Crippen MR) is 459 cm³/mol. The maximum atomic E-state index is 14.0. The topological polar surface area (TPSA) is 407 Å². The Balaban J connectivity index is 0.000000169. The molecule has 3 atom stereocenters. The first-order valence-corrected chi connectivity index (χ1v) is 41.5. The molecule has 3 fully saturated rings. The number of carbonyl (C=O) groups is 12. The zero-order valence-corrected chi connectivity index (χ0v) is 71.5. The van der Waals surface area contributed by atoms with Crippen LogP contribution in [0.25, 0.3) is 33.1 Å². The van der Waals surface area contributed by atoms with Crippen molar-refractivity contribution in [2.24, 2.45) is 0 Å². The van der Waals surface area contributed by atoms with E-state index in [0.29, 0.717) is 70.7 Å². The van der Waals surface area contributed by atoms with Crippen LogP contribution in [0.1, 0.15) is 160 Å². The van der Waals surface area contributed by atoms with Crippen LogP contribution >= 0.6 is 22.7 Å². The molecule has 8 aromatic heterocycles. The van der Waals surface area contributed by atoms with E-state index in [1.165, 1.54) is 74.3 Å². The fraction of sp³-hybridized carbons (Fsp3) is 0.284. The number of fused-ring (bicyclic) bond motifs is 3. The minimum Gasteiger partial charge on any atom is -0.478 e. The van der Waals surface area contributed by atoms with E-state index in [1.54, 1.807) is 107 Å². The number of aromatic carboxylic acids is 1. The van der Waals surface area contributed by atoms with Crippen molar-refractivity contribution < 1.29 is 89.3 Å². The van der Waals surface area contributed by atoms with E-state index >= 15 is 0 Å². The average molecular weight is 1770 g/mol.